The van der Waals surface area contributed by atoms with Crippen molar-refractivity contribution in [3.8, 4) is 22.3 Å². The number of nitriles is 1. The number of benzene rings is 1. The van der Waals surface area contributed by atoms with Gasteiger partial charge < -0.3 is 4.74 Å². The van der Waals surface area contributed by atoms with Crippen molar-refractivity contribution in [3.05, 3.63) is 75.4 Å². The largest absolute Gasteiger partial charge is 0.488 e. The van der Waals surface area contributed by atoms with E-state index < -0.39 is 0 Å². The molecule has 2 aromatic heterocycles. The highest BCUT2D eigenvalue weighted by Gasteiger charge is 2.27. The minimum absolute atomic E-state index is 0.0379. The molecule has 160 valence electrons. The number of allylic oxidation sites excluding steroid dienone is 1. The van der Waals surface area contributed by atoms with Gasteiger partial charge in [0.1, 0.15) is 17.9 Å². The monoisotopic (exact) mass is 462 g/mol. The Labute approximate surface area is 194 Å². The van der Waals surface area contributed by atoms with Crippen LogP contribution in [0.2, 0.25) is 5.02 Å². The minimum Gasteiger partial charge on any atom is -0.488 e. The molecule has 0 saturated carbocycles. The summed E-state index contributed by atoms with van der Waals surface area (Å²) in [5, 5.41) is 9.89. The average Bonchev–Trinajstić information content (AvgIpc) is 3.44. The van der Waals surface area contributed by atoms with Crippen LogP contribution in [0.25, 0.3) is 16.5 Å². The van der Waals surface area contributed by atoms with Crippen molar-refractivity contribution in [2.45, 2.75) is 32.3 Å². The number of fused-ring (bicyclic) bond motifs is 1. The number of thiophene rings is 1. The van der Waals surface area contributed by atoms with E-state index >= 15 is 0 Å². The van der Waals surface area contributed by atoms with Gasteiger partial charge in [0, 0.05) is 35.7 Å². The first-order chi connectivity index (χ1) is 15.4. The first-order valence-corrected chi connectivity index (χ1v) is 11.3. The van der Waals surface area contributed by atoms with Gasteiger partial charge in [-0.05, 0) is 60.9 Å². The van der Waals surface area contributed by atoms with Crippen LogP contribution in [0.15, 0.2) is 54.4 Å². The fraction of sp³-hybridized carbons (Fsp3) is 0.200. The molecular weight excluding hydrogens is 444 g/mol. The quantitative estimate of drug-likeness (QED) is 0.247. The van der Waals surface area contributed by atoms with E-state index in [0.29, 0.717) is 34.1 Å². The van der Waals surface area contributed by atoms with Crippen LogP contribution < -0.4 is 4.74 Å². The van der Waals surface area contributed by atoms with Crippen LogP contribution in [0, 0.1) is 11.3 Å². The summed E-state index contributed by atoms with van der Waals surface area (Å²) in [5.74, 6) is 0.455. The second kappa shape index (κ2) is 9.47. The molecule has 5 nitrogen and oxygen atoms in total. The predicted molar refractivity (Wildman–Crippen MR) is 125 cm³/mol. The summed E-state index contributed by atoms with van der Waals surface area (Å²) in [7, 11) is 0. The van der Waals surface area contributed by atoms with Crippen LogP contribution in [0.4, 0.5) is 0 Å². The van der Waals surface area contributed by atoms with Gasteiger partial charge in [0.25, 0.3) is 0 Å². The lowest BCUT2D eigenvalue weighted by Crippen LogP contribution is -2.15. The second-order valence-electron chi connectivity index (χ2n) is 7.53. The number of carbonyl (C=O) groups is 2. The van der Waals surface area contributed by atoms with E-state index in [9.17, 15) is 14.9 Å². The van der Waals surface area contributed by atoms with Crippen LogP contribution in [0.5, 0.6) is 5.75 Å². The Hall–Kier alpha value is -3.27. The lowest BCUT2D eigenvalue weighted by atomic mass is 10.00. The molecule has 0 radical (unpaired) electrons. The van der Waals surface area contributed by atoms with Gasteiger partial charge >= 0.3 is 0 Å². The second-order valence-corrected chi connectivity index (χ2v) is 9.02. The van der Waals surface area contributed by atoms with Gasteiger partial charge in [-0.25, -0.2) is 0 Å². The maximum absolute atomic E-state index is 12.6. The van der Waals surface area contributed by atoms with Crippen molar-refractivity contribution in [2.24, 2.45) is 0 Å². The van der Waals surface area contributed by atoms with Gasteiger partial charge in [0.2, 0.25) is 0 Å². The molecule has 4 rings (SSSR count). The normalized spacial score (nSPS) is 15.0. The molecule has 1 atom stereocenters. The molecule has 1 unspecified atom stereocenters. The van der Waals surface area contributed by atoms with Crippen molar-refractivity contribution in [3.63, 3.8) is 0 Å². The van der Waals surface area contributed by atoms with E-state index in [1.807, 2.05) is 30.3 Å². The average molecular weight is 463 g/mol. The molecule has 0 N–H and O–H groups in total. The van der Waals surface area contributed by atoms with Gasteiger partial charge in [-0.1, -0.05) is 17.7 Å². The number of pyridine rings is 1. The number of rotatable bonds is 7. The highest BCUT2D eigenvalue weighted by atomic mass is 35.5. The zero-order valence-corrected chi connectivity index (χ0v) is 18.9. The lowest BCUT2D eigenvalue weighted by Gasteiger charge is -2.10. The summed E-state index contributed by atoms with van der Waals surface area (Å²) in [6.45, 7) is 1.55. The first kappa shape index (κ1) is 21.9. The van der Waals surface area contributed by atoms with Crippen LogP contribution in [0.3, 0.4) is 0 Å². The third kappa shape index (κ3) is 4.80. The minimum atomic E-state index is -0.224. The zero-order valence-electron chi connectivity index (χ0n) is 17.3. The van der Waals surface area contributed by atoms with E-state index in [-0.39, 0.29) is 29.7 Å². The Morgan fingerprint density at radius 1 is 1.34 bits per heavy atom. The highest BCUT2D eigenvalue weighted by Crippen LogP contribution is 2.41. The molecular formula is C25H19ClN2O3S. The summed E-state index contributed by atoms with van der Waals surface area (Å²) in [6, 6.07) is 13.1. The molecule has 3 aromatic rings. The van der Waals surface area contributed by atoms with E-state index in [1.165, 1.54) is 11.3 Å². The number of ketones is 2. The number of carbonyl (C=O) groups excluding carboxylic acids is 2. The standard InChI is InChI=1S/C25H19ClN2O3S/c1-15(29)23-6-7-24(32-23)17-10-18-11-20(31-25(18)21(26)12-17)4-5-22(30)19(13-27)9-16-3-2-8-28-14-16/h2-3,6-10,12,14,20H,4-5,11H2,1H3/b19-9+. The fourth-order valence-corrected chi connectivity index (χ4v) is 4.77. The summed E-state index contributed by atoms with van der Waals surface area (Å²) < 4.78 is 6.01. The fourth-order valence-electron chi connectivity index (χ4n) is 3.60. The van der Waals surface area contributed by atoms with E-state index in [2.05, 4.69) is 4.98 Å². The molecule has 1 aliphatic rings. The van der Waals surface area contributed by atoms with Gasteiger partial charge in [0.05, 0.1) is 15.5 Å². The maximum atomic E-state index is 12.6. The Bertz CT molecular complexity index is 1260. The number of hydrogen-bond donors (Lipinski definition) is 0. The Morgan fingerprint density at radius 3 is 2.88 bits per heavy atom. The molecule has 1 aromatic carbocycles. The lowest BCUT2D eigenvalue weighted by molar-refractivity contribution is -0.115. The number of nitrogens with zero attached hydrogens (tertiary/aromatic N) is 2. The molecule has 7 heteroatoms. The number of aromatic nitrogens is 1. The summed E-state index contributed by atoms with van der Waals surface area (Å²) in [5.41, 5.74) is 2.74. The van der Waals surface area contributed by atoms with Crippen molar-refractivity contribution in [2.75, 3.05) is 0 Å². The van der Waals surface area contributed by atoms with Crippen LogP contribution in [-0.4, -0.2) is 22.7 Å². The Morgan fingerprint density at radius 2 is 2.19 bits per heavy atom. The van der Waals surface area contributed by atoms with Crippen LogP contribution >= 0.6 is 22.9 Å². The number of Topliss-reactive ketones (excluding diaryl/α,β-unsaturated/α-hetero) is 2. The molecule has 0 aliphatic carbocycles. The third-order valence-corrected chi connectivity index (χ3v) is 6.72. The van der Waals surface area contributed by atoms with Crippen molar-refractivity contribution in [1.82, 2.24) is 4.98 Å². The molecule has 32 heavy (non-hydrogen) atoms. The number of hydrogen-bond acceptors (Lipinski definition) is 6. The van der Waals surface area contributed by atoms with Crippen molar-refractivity contribution < 1.29 is 14.3 Å². The Kier molecular flexibility index (Phi) is 6.50. The smallest absolute Gasteiger partial charge is 0.173 e. The molecule has 0 saturated heterocycles. The summed E-state index contributed by atoms with van der Waals surface area (Å²) in [6.07, 6.45) is 5.94. The van der Waals surface area contributed by atoms with Gasteiger partial charge in [0.15, 0.2) is 11.6 Å². The molecule has 0 fully saturated rings. The third-order valence-electron chi connectivity index (χ3n) is 5.20. The van der Waals surface area contributed by atoms with E-state index in [1.54, 1.807) is 37.5 Å². The molecule has 1 aliphatic heterocycles. The summed E-state index contributed by atoms with van der Waals surface area (Å²) >= 11 is 7.91. The Balaban J connectivity index is 1.43. The molecule has 0 spiro atoms. The maximum Gasteiger partial charge on any atom is 0.173 e. The van der Waals surface area contributed by atoms with E-state index in [4.69, 9.17) is 16.3 Å². The topological polar surface area (TPSA) is 80.0 Å². The van der Waals surface area contributed by atoms with Crippen molar-refractivity contribution >= 4 is 40.6 Å². The zero-order chi connectivity index (χ0) is 22.7. The molecule has 3 heterocycles. The summed E-state index contributed by atoms with van der Waals surface area (Å²) in [4.78, 5) is 29.8. The highest BCUT2D eigenvalue weighted by molar-refractivity contribution is 7.17. The van der Waals surface area contributed by atoms with Crippen molar-refractivity contribution in [1.29, 1.82) is 5.26 Å². The van der Waals surface area contributed by atoms with Crippen LogP contribution in [-0.2, 0) is 11.2 Å². The van der Waals surface area contributed by atoms with Gasteiger partial charge in [-0.3, -0.25) is 14.6 Å². The molecule has 0 bridgehead atoms. The van der Waals surface area contributed by atoms with Crippen LogP contribution in [0.1, 0.15) is 40.6 Å². The number of halogens is 1. The van der Waals surface area contributed by atoms with Gasteiger partial charge in [-0.2, -0.15) is 5.26 Å². The SMILES string of the molecule is CC(=O)c1ccc(-c2cc(Cl)c3c(c2)CC(CCC(=O)/C(C#N)=C/c2cccnc2)O3)s1. The predicted octanol–water partition coefficient (Wildman–Crippen LogP) is 5.93. The number of ether oxygens (including phenoxy) is 1. The molecule has 0 amide bonds. The first-order valence-electron chi connectivity index (χ1n) is 10.1. The van der Waals surface area contributed by atoms with Gasteiger partial charge in [-0.15, -0.1) is 11.3 Å². The van der Waals surface area contributed by atoms with E-state index in [0.717, 1.165) is 16.0 Å².